The number of nitrogens with one attached hydrogen (secondary N) is 1. The molecule has 41 heavy (non-hydrogen) atoms. The van der Waals surface area contributed by atoms with E-state index in [1.54, 1.807) is 19.1 Å². The van der Waals surface area contributed by atoms with Crippen LogP contribution in [-0.2, 0) is 26.2 Å². The molecule has 0 aromatic heterocycles. The summed E-state index contributed by atoms with van der Waals surface area (Å²) in [5, 5.41) is 3.08. The zero-order valence-corrected chi connectivity index (χ0v) is 24.7. The number of anilines is 1. The van der Waals surface area contributed by atoms with Gasteiger partial charge in [0.2, 0.25) is 11.8 Å². The normalized spacial score (nSPS) is 14.7. The predicted molar refractivity (Wildman–Crippen MR) is 158 cm³/mol. The zero-order chi connectivity index (χ0) is 29.6. The lowest BCUT2D eigenvalue weighted by Gasteiger charge is -2.33. The fraction of sp³-hybridized carbons (Fsp3) is 0.375. The number of carbonyl (C=O) groups is 2. The largest absolute Gasteiger partial charge is 0.352 e. The maximum Gasteiger partial charge on any atom is 0.264 e. The van der Waals surface area contributed by atoms with Crippen molar-refractivity contribution in [2.24, 2.45) is 0 Å². The van der Waals surface area contributed by atoms with Crippen molar-refractivity contribution in [3.05, 3.63) is 95.3 Å². The topological polar surface area (TPSA) is 86.8 Å². The number of aryl methyl sites for hydroxylation is 2. The molecule has 0 saturated heterocycles. The van der Waals surface area contributed by atoms with Crippen LogP contribution in [0.5, 0.6) is 0 Å². The second-order valence-corrected chi connectivity index (χ2v) is 12.7. The van der Waals surface area contributed by atoms with Crippen LogP contribution in [0.1, 0.15) is 55.7 Å². The number of sulfonamides is 1. The molecule has 0 heterocycles. The molecule has 0 radical (unpaired) electrons. The van der Waals surface area contributed by atoms with Crippen molar-refractivity contribution in [1.29, 1.82) is 0 Å². The minimum atomic E-state index is -4.32. The maximum absolute atomic E-state index is 15.0. The van der Waals surface area contributed by atoms with Gasteiger partial charge in [0.1, 0.15) is 18.4 Å². The van der Waals surface area contributed by atoms with Crippen LogP contribution in [0, 0.1) is 19.7 Å². The van der Waals surface area contributed by atoms with Gasteiger partial charge < -0.3 is 10.2 Å². The first kappa shape index (κ1) is 30.2. The number of nitrogens with zero attached hydrogens (tertiary/aromatic N) is 2. The number of hydrogen-bond donors (Lipinski definition) is 1. The fourth-order valence-corrected chi connectivity index (χ4v) is 6.59. The standard InChI is InChI=1S/C32H38FN3O4S/c1-23-16-18-28(19-17-23)41(39,40)36(30-15-8-7-14-29(30)33)22-31(37)35(21-26-11-9-10-24(2)20-26)25(3)32(38)34-27-12-5-4-6-13-27/h7-11,14-20,25,27H,4-6,12-13,21-22H2,1-3H3,(H,34,38)/t25-/m0/s1. The van der Waals surface area contributed by atoms with Gasteiger partial charge in [0, 0.05) is 12.6 Å². The summed E-state index contributed by atoms with van der Waals surface area (Å²) in [7, 11) is -4.32. The Balaban J connectivity index is 1.68. The van der Waals surface area contributed by atoms with Crippen molar-refractivity contribution in [1.82, 2.24) is 10.2 Å². The number of rotatable bonds is 10. The molecule has 1 aliphatic carbocycles. The van der Waals surface area contributed by atoms with Crippen LogP contribution in [0.2, 0.25) is 0 Å². The van der Waals surface area contributed by atoms with Crippen molar-refractivity contribution in [2.75, 3.05) is 10.8 Å². The van der Waals surface area contributed by atoms with E-state index in [1.165, 1.54) is 35.2 Å². The molecule has 0 spiro atoms. The van der Waals surface area contributed by atoms with Crippen LogP contribution in [0.4, 0.5) is 10.1 Å². The van der Waals surface area contributed by atoms with Crippen molar-refractivity contribution >= 4 is 27.5 Å². The number of hydrogen-bond acceptors (Lipinski definition) is 4. The number of benzene rings is 3. The molecule has 218 valence electrons. The van der Waals surface area contributed by atoms with Crippen LogP contribution in [-0.4, -0.2) is 43.8 Å². The first-order valence-electron chi connectivity index (χ1n) is 14.1. The SMILES string of the molecule is Cc1ccc(S(=O)(=O)N(CC(=O)N(Cc2cccc(C)c2)[C@@H](C)C(=O)NC2CCCCC2)c2ccccc2F)cc1. The Bertz CT molecular complexity index is 1470. The summed E-state index contributed by atoms with van der Waals surface area (Å²) >= 11 is 0. The van der Waals surface area contributed by atoms with E-state index in [1.807, 2.05) is 38.1 Å². The highest BCUT2D eigenvalue weighted by Gasteiger charge is 2.34. The zero-order valence-electron chi connectivity index (χ0n) is 23.8. The van der Waals surface area contributed by atoms with Gasteiger partial charge in [-0.05, 0) is 63.4 Å². The number of halogens is 1. The van der Waals surface area contributed by atoms with Crippen molar-refractivity contribution in [3.8, 4) is 0 Å². The molecule has 0 bridgehead atoms. The first-order chi connectivity index (χ1) is 19.6. The van der Waals surface area contributed by atoms with Gasteiger partial charge in [-0.15, -0.1) is 0 Å². The maximum atomic E-state index is 15.0. The summed E-state index contributed by atoms with van der Waals surface area (Å²) in [6.07, 6.45) is 5.00. The average molecular weight is 580 g/mol. The van der Waals surface area contributed by atoms with Crippen LogP contribution in [0.3, 0.4) is 0 Å². The van der Waals surface area contributed by atoms with E-state index in [0.29, 0.717) is 0 Å². The molecular formula is C32H38FN3O4S. The molecule has 3 aromatic carbocycles. The monoisotopic (exact) mass is 579 g/mol. The van der Waals surface area contributed by atoms with E-state index in [-0.39, 0.29) is 29.1 Å². The van der Waals surface area contributed by atoms with Crippen LogP contribution >= 0.6 is 0 Å². The molecule has 3 aromatic rings. The third-order valence-corrected chi connectivity index (χ3v) is 9.34. The summed E-state index contributed by atoms with van der Waals surface area (Å²) < 4.78 is 43.5. The number of amides is 2. The number of para-hydroxylation sites is 1. The lowest BCUT2D eigenvalue weighted by Crippen LogP contribution is -2.53. The molecule has 1 atom stereocenters. The molecule has 7 nitrogen and oxygen atoms in total. The highest BCUT2D eigenvalue weighted by atomic mass is 32.2. The van der Waals surface area contributed by atoms with Gasteiger partial charge in [-0.25, -0.2) is 12.8 Å². The van der Waals surface area contributed by atoms with Crippen LogP contribution in [0.15, 0.2) is 77.7 Å². The van der Waals surface area contributed by atoms with Crippen LogP contribution in [0.25, 0.3) is 0 Å². The minimum absolute atomic E-state index is 0.0476. The van der Waals surface area contributed by atoms with E-state index in [0.717, 1.165) is 59.2 Å². The summed E-state index contributed by atoms with van der Waals surface area (Å²) in [6.45, 7) is 4.83. The Morgan fingerprint density at radius 2 is 1.61 bits per heavy atom. The van der Waals surface area contributed by atoms with Gasteiger partial charge in [-0.2, -0.15) is 0 Å². The molecule has 0 unspecified atom stereocenters. The molecule has 1 saturated carbocycles. The quantitative estimate of drug-likeness (QED) is 0.344. The third-order valence-electron chi connectivity index (χ3n) is 7.56. The smallest absolute Gasteiger partial charge is 0.264 e. The summed E-state index contributed by atoms with van der Waals surface area (Å²) in [5.74, 6) is -1.68. The third kappa shape index (κ3) is 7.52. The summed E-state index contributed by atoms with van der Waals surface area (Å²) in [4.78, 5) is 28.7. The van der Waals surface area contributed by atoms with Gasteiger partial charge in [0.15, 0.2) is 0 Å². The highest BCUT2D eigenvalue weighted by molar-refractivity contribution is 7.92. The van der Waals surface area contributed by atoms with E-state index in [9.17, 15) is 18.0 Å². The van der Waals surface area contributed by atoms with Gasteiger partial charge in [0.25, 0.3) is 10.0 Å². The van der Waals surface area contributed by atoms with Gasteiger partial charge >= 0.3 is 0 Å². The van der Waals surface area contributed by atoms with Gasteiger partial charge in [-0.3, -0.25) is 13.9 Å². The Morgan fingerprint density at radius 3 is 2.27 bits per heavy atom. The summed E-state index contributed by atoms with van der Waals surface area (Å²) in [6, 6.07) is 18.4. The van der Waals surface area contributed by atoms with E-state index in [4.69, 9.17) is 0 Å². The molecule has 2 amide bonds. The molecule has 4 rings (SSSR count). The molecule has 1 fully saturated rings. The average Bonchev–Trinajstić information content (AvgIpc) is 2.95. The Kier molecular flexibility index (Phi) is 9.81. The van der Waals surface area contributed by atoms with E-state index in [2.05, 4.69) is 5.32 Å². The fourth-order valence-electron chi connectivity index (χ4n) is 5.16. The molecule has 1 N–H and O–H groups in total. The van der Waals surface area contributed by atoms with Crippen molar-refractivity contribution in [3.63, 3.8) is 0 Å². The molecule has 9 heteroatoms. The molecule has 1 aliphatic rings. The lowest BCUT2D eigenvalue weighted by atomic mass is 9.95. The Morgan fingerprint density at radius 1 is 0.927 bits per heavy atom. The number of carbonyl (C=O) groups excluding carboxylic acids is 2. The highest BCUT2D eigenvalue weighted by Crippen LogP contribution is 2.27. The van der Waals surface area contributed by atoms with Crippen LogP contribution < -0.4 is 9.62 Å². The van der Waals surface area contributed by atoms with E-state index >= 15 is 4.39 Å². The predicted octanol–water partition coefficient (Wildman–Crippen LogP) is 5.50. The summed E-state index contributed by atoms with van der Waals surface area (Å²) in [5.41, 5.74) is 2.41. The molecular weight excluding hydrogens is 541 g/mol. The first-order valence-corrected chi connectivity index (χ1v) is 15.5. The van der Waals surface area contributed by atoms with E-state index < -0.39 is 34.3 Å². The second-order valence-electron chi connectivity index (χ2n) is 10.8. The van der Waals surface area contributed by atoms with Gasteiger partial charge in [-0.1, -0.05) is 78.9 Å². The Labute approximate surface area is 242 Å². The van der Waals surface area contributed by atoms with Gasteiger partial charge in [0.05, 0.1) is 10.6 Å². The lowest BCUT2D eigenvalue weighted by molar-refractivity contribution is -0.139. The van der Waals surface area contributed by atoms with Crippen molar-refractivity contribution in [2.45, 2.75) is 76.4 Å². The Hall–Kier alpha value is -3.72. The molecule has 0 aliphatic heterocycles. The minimum Gasteiger partial charge on any atom is -0.352 e. The van der Waals surface area contributed by atoms with Crippen molar-refractivity contribution < 1.29 is 22.4 Å². The second kappa shape index (κ2) is 13.3.